The highest BCUT2D eigenvalue weighted by Gasteiger charge is 2.27. The first kappa shape index (κ1) is 16.4. The Morgan fingerprint density at radius 1 is 1.55 bits per heavy atom. The second-order valence-corrected chi connectivity index (χ2v) is 8.26. The zero-order valence-electron chi connectivity index (χ0n) is 11.3. The van der Waals surface area contributed by atoms with E-state index in [2.05, 4.69) is 32.9 Å². The summed E-state index contributed by atoms with van der Waals surface area (Å²) in [4.78, 5) is 0.183. The van der Waals surface area contributed by atoms with E-state index in [1.165, 1.54) is 0 Å². The molecule has 1 atom stereocenters. The Hall–Kier alpha value is -0.0200. The topological polar surface area (TPSA) is 71.3 Å². The molecule has 20 heavy (non-hydrogen) atoms. The summed E-state index contributed by atoms with van der Waals surface area (Å²) < 4.78 is 33.1. The van der Waals surface area contributed by atoms with E-state index in [4.69, 9.17) is 4.42 Å². The molecule has 0 spiro atoms. The van der Waals surface area contributed by atoms with Crippen LogP contribution in [0.25, 0.3) is 0 Å². The first-order chi connectivity index (χ1) is 9.53. The van der Waals surface area contributed by atoms with Gasteiger partial charge in [0.05, 0.1) is 6.54 Å². The first-order valence-corrected chi connectivity index (χ1v) is 10.0. The number of nitrogens with one attached hydrogen (secondary N) is 2. The Morgan fingerprint density at radius 2 is 2.35 bits per heavy atom. The largest absolute Gasteiger partial charge is 0.452 e. The minimum Gasteiger partial charge on any atom is -0.452 e. The number of hydrogen-bond acceptors (Lipinski definition) is 5. The van der Waals surface area contributed by atoms with Crippen molar-refractivity contribution in [3.8, 4) is 0 Å². The Morgan fingerprint density at radius 3 is 3.00 bits per heavy atom. The maximum absolute atomic E-state index is 12.3. The molecule has 2 N–H and O–H groups in total. The Kier molecular flexibility index (Phi) is 5.97. The van der Waals surface area contributed by atoms with Crippen LogP contribution in [0, 0.1) is 0 Å². The van der Waals surface area contributed by atoms with Crippen molar-refractivity contribution in [2.24, 2.45) is 0 Å². The molecule has 114 valence electrons. The van der Waals surface area contributed by atoms with Gasteiger partial charge < -0.3 is 9.73 Å². The van der Waals surface area contributed by atoms with Crippen molar-refractivity contribution in [3.05, 3.63) is 16.5 Å². The average molecular weight is 383 g/mol. The lowest BCUT2D eigenvalue weighted by Gasteiger charge is -2.10. The SMILES string of the molecule is CCCNCc1cc(S(=O)(=O)NC2CCSC2)c(Br)o1. The normalized spacial score (nSPS) is 19.6. The van der Waals surface area contributed by atoms with Crippen molar-refractivity contribution in [2.75, 3.05) is 18.1 Å². The molecule has 0 saturated carbocycles. The number of thioether (sulfide) groups is 1. The molecule has 1 aromatic rings. The molecule has 0 radical (unpaired) electrons. The molecular formula is C12H19BrN2O3S2. The van der Waals surface area contributed by atoms with Crippen molar-refractivity contribution in [2.45, 2.75) is 37.2 Å². The lowest BCUT2D eigenvalue weighted by Crippen LogP contribution is -2.34. The van der Waals surface area contributed by atoms with Gasteiger partial charge in [-0.05, 0) is 41.1 Å². The molecule has 1 saturated heterocycles. The van der Waals surface area contributed by atoms with E-state index in [-0.39, 0.29) is 15.6 Å². The lowest BCUT2D eigenvalue weighted by molar-refractivity contribution is 0.460. The van der Waals surface area contributed by atoms with Crippen molar-refractivity contribution in [1.82, 2.24) is 10.0 Å². The van der Waals surface area contributed by atoms with Gasteiger partial charge in [-0.2, -0.15) is 11.8 Å². The summed E-state index contributed by atoms with van der Waals surface area (Å²) in [6.07, 6.45) is 1.90. The Labute approximate surface area is 132 Å². The second-order valence-electron chi connectivity index (χ2n) is 4.71. The first-order valence-electron chi connectivity index (χ1n) is 6.62. The van der Waals surface area contributed by atoms with Crippen LogP contribution in [0.2, 0.25) is 0 Å². The van der Waals surface area contributed by atoms with Crippen molar-refractivity contribution < 1.29 is 12.8 Å². The maximum atomic E-state index is 12.3. The number of halogens is 1. The van der Waals surface area contributed by atoms with E-state index in [9.17, 15) is 8.42 Å². The third-order valence-electron chi connectivity index (χ3n) is 2.97. The molecule has 0 aliphatic carbocycles. The lowest BCUT2D eigenvalue weighted by atomic mass is 10.3. The van der Waals surface area contributed by atoms with Gasteiger partial charge in [-0.1, -0.05) is 6.92 Å². The van der Waals surface area contributed by atoms with Crippen molar-refractivity contribution >= 4 is 37.7 Å². The second kappa shape index (κ2) is 7.31. The van der Waals surface area contributed by atoms with Gasteiger partial charge in [0, 0.05) is 17.9 Å². The van der Waals surface area contributed by atoms with Gasteiger partial charge in [-0.15, -0.1) is 0 Å². The maximum Gasteiger partial charge on any atom is 0.245 e. The molecule has 5 nitrogen and oxygen atoms in total. The predicted octanol–water partition coefficient (Wildman–Crippen LogP) is 2.33. The third-order valence-corrected chi connectivity index (χ3v) is 6.51. The molecule has 8 heteroatoms. The van der Waals surface area contributed by atoms with Crippen LogP contribution in [-0.2, 0) is 16.6 Å². The summed E-state index contributed by atoms with van der Waals surface area (Å²) in [7, 11) is -3.52. The highest BCUT2D eigenvalue weighted by Crippen LogP contribution is 2.27. The van der Waals surface area contributed by atoms with E-state index in [1.54, 1.807) is 17.8 Å². The van der Waals surface area contributed by atoms with Crippen LogP contribution in [0.5, 0.6) is 0 Å². The van der Waals surface area contributed by atoms with Crippen LogP contribution >= 0.6 is 27.7 Å². The van der Waals surface area contributed by atoms with Crippen LogP contribution in [0.4, 0.5) is 0 Å². The van der Waals surface area contributed by atoms with Crippen LogP contribution in [-0.4, -0.2) is 32.5 Å². The summed E-state index contributed by atoms with van der Waals surface area (Å²) >= 11 is 4.96. The fourth-order valence-corrected chi connectivity index (χ4v) is 5.49. The fourth-order valence-electron chi connectivity index (χ4n) is 1.97. The molecule has 1 aliphatic rings. The van der Waals surface area contributed by atoms with Gasteiger partial charge in [0.15, 0.2) is 4.67 Å². The van der Waals surface area contributed by atoms with E-state index in [0.717, 1.165) is 30.9 Å². The summed E-state index contributed by atoms with van der Waals surface area (Å²) in [6, 6.07) is 1.60. The molecule has 1 aliphatic heterocycles. The molecule has 0 aromatic carbocycles. The quantitative estimate of drug-likeness (QED) is 0.708. The van der Waals surface area contributed by atoms with Gasteiger partial charge >= 0.3 is 0 Å². The highest BCUT2D eigenvalue weighted by molar-refractivity contribution is 9.10. The molecule has 1 aromatic heterocycles. The van der Waals surface area contributed by atoms with Crippen LogP contribution < -0.4 is 10.0 Å². The molecule has 2 heterocycles. The Bertz CT molecular complexity index is 539. The smallest absolute Gasteiger partial charge is 0.245 e. The molecule has 2 rings (SSSR count). The van der Waals surface area contributed by atoms with Gasteiger partial charge in [-0.3, -0.25) is 0 Å². The number of hydrogen-bond donors (Lipinski definition) is 2. The molecular weight excluding hydrogens is 364 g/mol. The number of furan rings is 1. The molecule has 0 bridgehead atoms. The zero-order chi connectivity index (χ0) is 14.6. The summed E-state index contributed by atoms with van der Waals surface area (Å²) in [6.45, 7) is 3.48. The Balaban J connectivity index is 2.06. The predicted molar refractivity (Wildman–Crippen MR) is 84.5 cm³/mol. The zero-order valence-corrected chi connectivity index (χ0v) is 14.5. The molecule has 1 unspecified atom stereocenters. The van der Waals surface area contributed by atoms with Gasteiger partial charge in [-0.25, -0.2) is 13.1 Å². The van der Waals surface area contributed by atoms with Crippen molar-refractivity contribution in [1.29, 1.82) is 0 Å². The van der Waals surface area contributed by atoms with Gasteiger partial charge in [0.2, 0.25) is 10.0 Å². The van der Waals surface area contributed by atoms with Crippen LogP contribution in [0.1, 0.15) is 25.5 Å². The molecule has 0 amide bonds. The molecule has 1 fully saturated rings. The fraction of sp³-hybridized carbons (Fsp3) is 0.667. The average Bonchev–Trinajstić information content (AvgIpc) is 2.99. The van der Waals surface area contributed by atoms with E-state index in [0.29, 0.717) is 12.3 Å². The van der Waals surface area contributed by atoms with Gasteiger partial charge in [0.1, 0.15) is 10.7 Å². The number of sulfonamides is 1. The van der Waals surface area contributed by atoms with E-state index >= 15 is 0 Å². The summed E-state index contributed by atoms with van der Waals surface area (Å²) in [5.41, 5.74) is 0. The van der Waals surface area contributed by atoms with E-state index < -0.39 is 10.0 Å². The van der Waals surface area contributed by atoms with Gasteiger partial charge in [0.25, 0.3) is 0 Å². The van der Waals surface area contributed by atoms with E-state index in [1.807, 2.05) is 0 Å². The summed E-state index contributed by atoms with van der Waals surface area (Å²) in [5.74, 6) is 2.46. The van der Waals surface area contributed by atoms with Crippen LogP contribution in [0.15, 0.2) is 20.0 Å². The minimum absolute atomic E-state index is 0.0217. The highest BCUT2D eigenvalue weighted by atomic mass is 79.9. The monoisotopic (exact) mass is 382 g/mol. The van der Waals surface area contributed by atoms with Crippen molar-refractivity contribution in [3.63, 3.8) is 0 Å². The summed E-state index contributed by atoms with van der Waals surface area (Å²) in [5, 5.41) is 3.18. The number of rotatable bonds is 7. The van der Waals surface area contributed by atoms with Crippen LogP contribution in [0.3, 0.4) is 0 Å². The minimum atomic E-state index is -3.52. The third kappa shape index (κ3) is 4.24. The standard InChI is InChI=1S/C12H19BrN2O3S2/c1-2-4-14-7-10-6-11(12(13)18-10)20(16,17)15-9-3-5-19-8-9/h6,9,14-15H,2-5,7-8H2,1H3.